The molecule has 3 rings (SSSR count). The fourth-order valence-corrected chi connectivity index (χ4v) is 3.65. The highest BCUT2D eigenvalue weighted by Gasteiger charge is 2.23. The van der Waals surface area contributed by atoms with Gasteiger partial charge in [-0.1, -0.05) is 36.7 Å². The van der Waals surface area contributed by atoms with Crippen LogP contribution in [0.3, 0.4) is 0 Å². The number of rotatable bonds is 5. The van der Waals surface area contributed by atoms with Gasteiger partial charge in [-0.2, -0.15) is 9.78 Å². The molecule has 0 amide bonds. The average molecular weight is 551 g/mol. The summed E-state index contributed by atoms with van der Waals surface area (Å²) in [5.74, 6) is -0.114. The van der Waals surface area contributed by atoms with E-state index in [1.165, 1.54) is 11.6 Å². The van der Waals surface area contributed by atoms with Crippen molar-refractivity contribution in [3.05, 3.63) is 67.1 Å². The number of nitrogens with zero attached hydrogens (tertiary/aromatic N) is 3. The van der Waals surface area contributed by atoms with Crippen LogP contribution >= 0.6 is 31.9 Å². The number of benzene rings is 2. The molecule has 0 unspecified atom stereocenters. The second-order valence-electron chi connectivity index (χ2n) is 8.00. The van der Waals surface area contributed by atoms with Crippen LogP contribution in [0.25, 0.3) is 10.9 Å². The van der Waals surface area contributed by atoms with Crippen LogP contribution in [-0.4, -0.2) is 33.1 Å². The first-order chi connectivity index (χ1) is 14.5. The molecule has 0 saturated heterocycles. The molecule has 0 fully saturated rings. The zero-order valence-electron chi connectivity index (χ0n) is 17.4. The molecular weight excluding hydrogens is 530 g/mol. The van der Waals surface area contributed by atoms with Gasteiger partial charge >= 0.3 is 5.97 Å². The van der Waals surface area contributed by atoms with Crippen LogP contribution in [0.5, 0.6) is 5.75 Å². The van der Waals surface area contributed by atoms with E-state index >= 15 is 0 Å². The van der Waals surface area contributed by atoms with Gasteiger partial charge in [-0.25, -0.2) is 9.78 Å². The smallest absolute Gasteiger partial charge is 0.344 e. The number of carbonyl (C=O) groups is 1. The lowest BCUT2D eigenvalue weighted by molar-refractivity contribution is -0.144. The van der Waals surface area contributed by atoms with Gasteiger partial charge < -0.3 is 9.84 Å². The van der Waals surface area contributed by atoms with Gasteiger partial charge in [0.05, 0.1) is 21.6 Å². The van der Waals surface area contributed by atoms with E-state index in [4.69, 9.17) is 9.84 Å². The van der Waals surface area contributed by atoms with E-state index in [2.05, 4.69) is 41.9 Å². The third-order valence-corrected chi connectivity index (χ3v) is 5.52. The third-order valence-electron chi connectivity index (χ3n) is 4.41. The minimum absolute atomic E-state index is 0.262. The topological polar surface area (TPSA) is 93.8 Å². The number of aliphatic carboxylic acids is 1. The highest BCUT2D eigenvalue weighted by molar-refractivity contribution is 9.10. The molecule has 0 bridgehead atoms. The van der Waals surface area contributed by atoms with Crippen LogP contribution in [0, 0.1) is 0 Å². The summed E-state index contributed by atoms with van der Waals surface area (Å²) in [7, 11) is 0. The first-order valence-corrected chi connectivity index (χ1v) is 11.0. The number of carboxylic acid groups (broad SMARTS) is 1. The van der Waals surface area contributed by atoms with Crippen LogP contribution in [0.1, 0.15) is 39.1 Å². The Labute approximate surface area is 196 Å². The summed E-state index contributed by atoms with van der Waals surface area (Å²) in [6.45, 7) is 7.36. The van der Waals surface area contributed by atoms with Crippen molar-refractivity contribution in [2.24, 2.45) is 5.10 Å². The van der Waals surface area contributed by atoms with E-state index in [0.717, 1.165) is 4.47 Å². The SMILES string of the molecule is C[C@H](Oc1ccc(C=Nn2c(C(C)(C)C)nc3ccc(Br)cc3c2=O)cc1Br)C(=O)O. The average Bonchev–Trinajstić information content (AvgIpc) is 2.68. The Hall–Kier alpha value is -2.52. The summed E-state index contributed by atoms with van der Waals surface area (Å²) in [6, 6.07) is 10.5. The maximum Gasteiger partial charge on any atom is 0.344 e. The molecule has 31 heavy (non-hydrogen) atoms. The molecular formula is C22H21Br2N3O4. The van der Waals surface area contributed by atoms with Gasteiger partial charge in [0.15, 0.2) is 6.10 Å². The lowest BCUT2D eigenvalue weighted by Crippen LogP contribution is -2.29. The molecule has 2 aromatic carbocycles. The Balaban J connectivity index is 2.04. The van der Waals surface area contributed by atoms with Crippen molar-refractivity contribution in [2.75, 3.05) is 0 Å². The molecule has 3 aromatic rings. The normalized spacial score (nSPS) is 13.0. The van der Waals surface area contributed by atoms with Gasteiger partial charge in [-0.05, 0) is 64.8 Å². The lowest BCUT2D eigenvalue weighted by Gasteiger charge is -2.20. The van der Waals surface area contributed by atoms with E-state index in [-0.39, 0.29) is 5.56 Å². The first kappa shape index (κ1) is 23.1. The largest absolute Gasteiger partial charge is 0.479 e. The van der Waals surface area contributed by atoms with Gasteiger partial charge in [0, 0.05) is 9.89 Å². The summed E-state index contributed by atoms with van der Waals surface area (Å²) < 4.78 is 8.09. The summed E-state index contributed by atoms with van der Waals surface area (Å²) >= 11 is 6.78. The number of fused-ring (bicyclic) bond motifs is 1. The predicted octanol–water partition coefficient (Wildman–Crippen LogP) is 4.95. The molecule has 7 nitrogen and oxygen atoms in total. The zero-order valence-corrected chi connectivity index (χ0v) is 20.6. The second kappa shape index (κ2) is 8.92. The van der Waals surface area contributed by atoms with Crippen LogP contribution < -0.4 is 10.3 Å². The molecule has 0 aliphatic heterocycles. The number of hydrogen-bond acceptors (Lipinski definition) is 5. The van der Waals surface area contributed by atoms with E-state index in [9.17, 15) is 9.59 Å². The quantitative estimate of drug-likeness (QED) is 0.453. The number of aromatic nitrogens is 2. The van der Waals surface area contributed by atoms with Crippen molar-refractivity contribution >= 4 is 54.9 Å². The Kier molecular flexibility index (Phi) is 6.66. The maximum absolute atomic E-state index is 13.2. The standard InChI is InChI=1S/C22H21Br2N3O4/c1-12(20(29)30)31-18-8-5-13(9-16(18)24)11-25-27-19(28)15-10-14(23)6-7-17(15)26-21(27)22(2,3)4/h5-12H,1-4H3,(H,29,30)/t12-/m0/s1. The Morgan fingerprint density at radius 3 is 2.55 bits per heavy atom. The highest BCUT2D eigenvalue weighted by Crippen LogP contribution is 2.27. The monoisotopic (exact) mass is 549 g/mol. The number of hydrogen-bond donors (Lipinski definition) is 1. The summed E-state index contributed by atoms with van der Waals surface area (Å²) in [5.41, 5.74) is 0.634. The number of carboxylic acids is 1. The van der Waals surface area contributed by atoms with Gasteiger partial charge in [0.2, 0.25) is 0 Å². The fourth-order valence-electron chi connectivity index (χ4n) is 2.80. The summed E-state index contributed by atoms with van der Waals surface area (Å²) in [5, 5.41) is 13.9. The van der Waals surface area contributed by atoms with Gasteiger partial charge in [-0.3, -0.25) is 4.79 Å². The molecule has 1 atom stereocenters. The van der Waals surface area contributed by atoms with Crippen molar-refractivity contribution in [3.8, 4) is 5.75 Å². The van der Waals surface area contributed by atoms with E-state index in [0.29, 0.717) is 32.5 Å². The van der Waals surface area contributed by atoms with Gasteiger partial charge in [-0.15, -0.1) is 0 Å². The van der Waals surface area contributed by atoms with Crippen LogP contribution in [0.4, 0.5) is 0 Å². The second-order valence-corrected chi connectivity index (χ2v) is 9.77. The van der Waals surface area contributed by atoms with Gasteiger partial charge in [0.1, 0.15) is 11.6 Å². The highest BCUT2D eigenvalue weighted by atomic mass is 79.9. The third kappa shape index (κ3) is 5.22. The number of ether oxygens (including phenoxy) is 1. The summed E-state index contributed by atoms with van der Waals surface area (Å²) in [6.07, 6.45) is 0.573. The lowest BCUT2D eigenvalue weighted by atomic mass is 9.95. The molecule has 162 valence electrons. The maximum atomic E-state index is 13.2. The number of halogens is 2. The minimum Gasteiger partial charge on any atom is -0.479 e. The van der Waals surface area contributed by atoms with Crippen molar-refractivity contribution < 1.29 is 14.6 Å². The molecule has 0 spiro atoms. The Morgan fingerprint density at radius 2 is 1.94 bits per heavy atom. The Bertz CT molecular complexity index is 1250. The van der Waals surface area contributed by atoms with E-state index in [1.807, 2.05) is 26.8 Å². The van der Waals surface area contributed by atoms with Crippen LogP contribution in [0.2, 0.25) is 0 Å². The van der Waals surface area contributed by atoms with Crippen LogP contribution in [-0.2, 0) is 10.2 Å². The molecule has 0 radical (unpaired) electrons. The minimum atomic E-state index is -1.05. The summed E-state index contributed by atoms with van der Waals surface area (Å²) in [4.78, 5) is 28.9. The van der Waals surface area contributed by atoms with E-state index in [1.54, 1.807) is 36.5 Å². The molecule has 0 aliphatic rings. The predicted molar refractivity (Wildman–Crippen MR) is 127 cm³/mol. The van der Waals surface area contributed by atoms with Crippen molar-refractivity contribution in [1.82, 2.24) is 9.66 Å². The van der Waals surface area contributed by atoms with Gasteiger partial charge in [0.25, 0.3) is 5.56 Å². The zero-order chi connectivity index (χ0) is 22.9. The van der Waals surface area contributed by atoms with Crippen molar-refractivity contribution in [1.29, 1.82) is 0 Å². The molecule has 1 heterocycles. The molecule has 0 aliphatic carbocycles. The molecule has 1 N–H and O–H groups in total. The molecule has 9 heteroatoms. The van der Waals surface area contributed by atoms with Crippen LogP contribution in [0.15, 0.2) is 55.2 Å². The fraction of sp³-hybridized carbons (Fsp3) is 0.273. The molecule has 1 aromatic heterocycles. The van der Waals surface area contributed by atoms with Crippen molar-refractivity contribution in [2.45, 2.75) is 39.2 Å². The molecule has 0 saturated carbocycles. The first-order valence-electron chi connectivity index (χ1n) is 9.43. The Morgan fingerprint density at radius 1 is 1.23 bits per heavy atom. The van der Waals surface area contributed by atoms with E-state index < -0.39 is 17.5 Å². The van der Waals surface area contributed by atoms with Crippen molar-refractivity contribution in [3.63, 3.8) is 0 Å².